The van der Waals surface area contributed by atoms with Crippen molar-refractivity contribution in [2.24, 2.45) is 5.10 Å². The lowest BCUT2D eigenvalue weighted by Crippen LogP contribution is -2.31. The number of alkyl halides is 6. The number of fused-ring (bicyclic) bond motifs is 1. The Morgan fingerprint density at radius 1 is 1.02 bits per heavy atom. The molecule has 2 amide bonds. The molecule has 2 aromatic carbocycles. The molecule has 0 fully saturated rings. The molecule has 0 bridgehead atoms. The summed E-state index contributed by atoms with van der Waals surface area (Å²) in [5, 5.41) is 11.2. The van der Waals surface area contributed by atoms with Crippen molar-refractivity contribution in [2.75, 3.05) is 5.32 Å². The summed E-state index contributed by atoms with van der Waals surface area (Å²) in [5.41, 5.74) is 1.76. The number of urea groups is 1. The number of nitrogens with one attached hydrogen (secondary N) is 1. The summed E-state index contributed by atoms with van der Waals surface area (Å²) in [7, 11) is 0. The number of esters is 1. The molecule has 0 saturated heterocycles. The van der Waals surface area contributed by atoms with E-state index in [4.69, 9.17) is 0 Å². The maximum absolute atomic E-state index is 13.2. The van der Waals surface area contributed by atoms with Crippen molar-refractivity contribution < 1.29 is 40.7 Å². The third kappa shape index (κ3) is 6.43. The van der Waals surface area contributed by atoms with Gasteiger partial charge in [-0.25, -0.2) is 24.1 Å². The second-order valence-electron chi connectivity index (χ2n) is 9.21. The topological polar surface area (TPSA) is 101 Å². The molecule has 1 aliphatic rings. The molecule has 0 spiro atoms. The van der Waals surface area contributed by atoms with Gasteiger partial charge in [0.15, 0.2) is 5.65 Å². The number of aromatic nitrogens is 3. The summed E-state index contributed by atoms with van der Waals surface area (Å²) >= 11 is 0. The first kappa shape index (κ1) is 29.1. The normalized spacial score (nSPS) is 15.1. The van der Waals surface area contributed by atoms with Gasteiger partial charge in [-0.05, 0) is 60.4 Å². The van der Waals surface area contributed by atoms with Gasteiger partial charge >= 0.3 is 24.4 Å². The first-order chi connectivity index (χ1) is 20.3. The lowest BCUT2D eigenvalue weighted by molar-refractivity contribution is -0.191. The van der Waals surface area contributed by atoms with Crippen molar-refractivity contribution in [3.05, 3.63) is 94.9 Å². The Morgan fingerprint density at radius 2 is 1.77 bits per heavy atom. The van der Waals surface area contributed by atoms with E-state index in [9.17, 15) is 35.9 Å². The summed E-state index contributed by atoms with van der Waals surface area (Å²) in [5.74, 6) is 2.66. The Balaban J connectivity index is 1.40. The molecule has 0 radical (unpaired) electrons. The van der Waals surface area contributed by atoms with Crippen molar-refractivity contribution in [2.45, 2.75) is 31.7 Å². The van der Waals surface area contributed by atoms with E-state index in [1.807, 2.05) is 0 Å². The Labute approximate surface area is 238 Å². The Hall–Kier alpha value is -5.39. The van der Waals surface area contributed by atoms with E-state index in [0.29, 0.717) is 21.9 Å². The summed E-state index contributed by atoms with van der Waals surface area (Å²) in [6, 6.07) is 9.77. The van der Waals surface area contributed by atoms with Crippen molar-refractivity contribution >= 4 is 29.2 Å². The van der Waals surface area contributed by atoms with Crippen LogP contribution in [0.1, 0.15) is 40.4 Å². The molecule has 5 rings (SSSR count). The van der Waals surface area contributed by atoms with E-state index in [2.05, 4.69) is 37.1 Å². The molecule has 1 unspecified atom stereocenters. The zero-order valence-corrected chi connectivity index (χ0v) is 21.9. The van der Waals surface area contributed by atoms with E-state index in [1.165, 1.54) is 0 Å². The van der Waals surface area contributed by atoms with Gasteiger partial charge in [-0.2, -0.15) is 31.4 Å². The minimum atomic E-state index is -5.33. The van der Waals surface area contributed by atoms with E-state index in [0.717, 1.165) is 29.8 Å². The molecular weight excluding hydrogens is 582 g/mol. The van der Waals surface area contributed by atoms with E-state index in [-0.39, 0.29) is 11.3 Å². The highest BCUT2D eigenvalue weighted by molar-refractivity contribution is 5.96. The van der Waals surface area contributed by atoms with Gasteiger partial charge in [0.05, 0.1) is 24.2 Å². The van der Waals surface area contributed by atoms with Gasteiger partial charge in [-0.1, -0.05) is 24.1 Å². The van der Waals surface area contributed by atoms with Gasteiger partial charge in [0.25, 0.3) is 0 Å². The molecule has 3 heterocycles. The van der Waals surface area contributed by atoms with Gasteiger partial charge < -0.3 is 10.1 Å². The number of rotatable bonds is 2. The van der Waals surface area contributed by atoms with Crippen LogP contribution in [0, 0.1) is 18.8 Å². The third-order valence-electron chi connectivity index (χ3n) is 6.25. The minimum absolute atomic E-state index is 0.113. The number of benzene rings is 2. The number of anilines is 1. The first-order valence-electron chi connectivity index (χ1n) is 12.3. The first-order valence-corrected chi connectivity index (χ1v) is 12.3. The minimum Gasteiger partial charge on any atom is -0.403 e. The Kier molecular flexibility index (Phi) is 7.53. The smallest absolute Gasteiger partial charge is 0.403 e. The second-order valence-corrected chi connectivity index (χ2v) is 9.21. The van der Waals surface area contributed by atoms with Crippen LogP contribution in [0.2, 0.25) is 0 Å². The summed E-state index contributed by atoms with van der Waals surface area (Å²) in [6.07, 6.45) is -7.34. The lowest BCUT2D eigenvalue weighted by atomic mass is 10.0. The number of aryl methyl sites for hydroxylation is 1. The largest absolute Gasteiger partial charge is 0.491 e. The maximum atomic E-state index is 13.2. The zero-order valence-electron chi connectivity index (χ0n) is 21.9. The van der Waals surface area contributed by atoms with Gasteiger partial charge in [0, 0.05) is 17.4 Å². The van der Waals surface area contributed by atoms with Crippen LogP contribution in [-0.2, 0) is 15.7 Å². The average molecular weight is 600 g/mol. The number of hydrogen-bond donors (Lipinski definition) is 1. The van der Waals surface area contributed by atoms with Crippen LogP contribution in [0.25, 0.3) is 5.65 Å². The number of carbonyl (C=O) groups excluding carboxylic acids is 2. The van der Waals surface area contributed by atoms with E-state index < -0.39 is 48.3 Å². The Bertz CT molecular complexity index is 1800. The summed E-state index contributed by atoms with van der Waals surface area (Å²) in [6.45, 7) is 1.79. The molecule has 15 heteroatoms. The van der Waals surface area contributed by atoms with Crippen molar-refractivity contribution in [1.82, 2.24) is 19.6 Å². The molecule has 1 N–H and O–H groups in total. The molecule has 1 aliphatic heterocycles. The molecule has 4 aromatic rings. The van der Waals surface area contributed by atoms with Gasteiger partial charge in [-0.15, -0.1) is 5.10 Å². The maximum Gasteiger partial charge on any atom is 0.491 e. The fraction of sp³-hybridized carbons (Fsp3) is 0.179. The van der Waals surface area contributed by atoms with Gasteiger partial charge in [-0.3, -0.25) is 0 Å². The molecule has 9 nitrogen and oxygen atoms in total. The fourth-order valence-electron chi connectivity index (χ4n) is 4.11. The standard InChI is InChI=1S/C28H18F6N6O3/c1-16-4-10-20(13-18(16)7-11-21-15-35-23-3-2-12-36-39(21)23)37-26(42)40-22(14-24(38-40)43-25(41)28(32,33)34)17-5-8-19(9-6-17)27(29,30)31/h2-6,8-10,12-13,15,22H,14H2,1H3,(H,37,42). The second kappa shape index (κ2) is 11.1. The van der Waals surface area contributed by atoms with Crippen LogP contribution in [0.3, 0.4) is 0 Å². The van der Waals surface area contributed by atoms with Crippen LogP contribution in [-0.4, -0.2) is 43.7 Å². The van der Waals surface area contributed by atoms with Crippen molar-refractivity contribution in [1.29, 1.82) is 0 Å². The van der Waals surface area contributed by atoms with Crippen molar-refractivity contribution in [3.8, 4) is 11.8 Å². The van der Waals surface area contributed by atoms with Crippen LogP contribution < -0.4 is 5.32 Å². The van der Waals surface area contributed by atoms with E-state index >= 15 is 0 Å². The Morgan fingerprint density at radius 3 is 2.47 bits per heavy atom. The van der Waals surface area contributed by atoms with Gasteiger partial charge in [0.2, 0.25) is 5.90 Å². The number of ether oxygens (including phenoxy) is 1. The zero-order chi connectivity index (χ0) is 30.9. The van der Waals surface area contributed by atoms with Crippen molar-refractivity contribution in [3.63, 3.8) is 0 Å². The molecule has 220 valence electrons. The number of hydrazone groups is 1. The lowest BCUT2D eigenvalue weighted by Gasteiger charge is -2.22. The monoisotopic (exact) mass is 600 g/mol. The summed E-state index contributed by atoms with van der Waals surface area (Å²) in [4.78, 5) is 28.8. The number of amides is 2. The third-order valence-corrected chi connectivity index (χ3v) is 6.25. The van der Waals surface area contributed by atoms with Gasteiger partial charge in [0.1, 0.15) is 5.69 Å². The molecule has 0 aliphatic carbocycles. The molecular formula is C28H18F6N6O3. The number of halogens is 6. The molecule has 43 heavy (non-hydrogen) atoms. The number of carbonyl (C=O) groups is 2. The predicted molar refractivity (Wildman–Crippen MR) is 139 cm³/mol. The molecule has 1 atom stereocenters. The SMILES string of the molecule is Cc1ccc(NC(=O)N2N=C(OC(=O)C(F)(F)F)CC2c2ccc(C(F)(F)F)cc2)cc1C#Cc1cnc2cccnn12. The summed E-state index contributed by atoms with van der Waals surface area (Å²) < 4.78 is 83.3. The number of imidazole rings is 1. The highest BCUT2D eigenvalue weighted by atomic mass is 19.4. The molecule has 2 aromatic heterocycles. The highest BCUT2D eigenvalue weighted by Gasteiger charge is 2.44. The quantitative estimate of drug-likeness (QED) is 0.177. The number of hydrogen-bond acceptors (Lipinski definition) is 6. The van der Waals surface area contributed by atoms with Crippen LogP contribution in [0.4, 0.5) is 36.8 Å². The van der Waals surface area contributed by atoms with E-state index in [1.54, 1.807) is 54.2 Å². The number of nitrogens with zero attached hydrogens (tertiary/aromatic N) is 5. The average Bonchev–Trinajstić information content (AvgIpc) is 3.57. The highest BCUT2D eigenvalue weighted by Crippen LogP contribution is 2.35. The van der Waals surface area contributed by atoms with Crippen LogP contribution in [0.5, 0.6) is 0 Å². The van der Waals surface area contributed by atoms with Crippen LogP contribution in [0.15, 0.2) is 72.1 Å². The predicted octanol–water partition coefficient (Wildman–Crippen LogP) is 5.85. The molecule has 0 saturated carbocycles. The van der Waals surface area contributed by atoms with Crippen LogP contribution >= 0.6 is 0 Å². The fourth-order valence-corrected chi connectivity index (χ4v) is 4.11.